The molecule has 2 aromatic rings. The number of anilines is 1. The van der Waals surface area contributed by atoms with Crippen LogP contribution < -0.4 is 5.32 Å². The molecule has 0 atom stereocenters. The normalized spacial score (nSPS) is 9.89. The fourth-order valence-corrected chi connectivity index (χ4v) is 1.35. The first-order valence-electron chi connectivity index (χ1n) is 5.23. The third kappa shape index (κ3) is 2.83. The molecule has 2 rings (SSSR count). The summed E-state index contributed by atoms with van der Waals surface area (Å²) in [7, 11) is 0. The Balaban J connectivity index is 2.19. The maximum atomic E-state index is 11.8. The maximum Gasteiger partial charge on any atom is 0.342 e. The number of carbonyl (C=O) groups excluding carboxylic acids is 1. The summed E-state index contributed by atoms with van der Waals surface area (Å²) in [5.74, 6) is -2.68. The molecular weight excluding hydrogens is 250 g/mol. The second-order valence-corrected chi connectivity index (χ2v) is 3.56. The molecule has 3 N–H and O–H groups in total. The van der Waals surface area contributed by atoms with Gasteiger partial charge in [-0.25, -0.2) is 9.78 Å². The number of aromatic nitrogens is 2. The molecule has 0 unspecified atom stereocenters. The largest absolute Gasteiger partial charge is 0.493 e. The van der Waals surface area contributed by atoms with Crippen LogP contribution in [-0.2, 0) is 0 Å². The Kier molecular flexibility index (Phi) is 3.37. The van der Waals surface area contributed by atoms with E-state index in [1.807, 2.05) is 0 Å². The number of carbonyl (C=O) groups is 2. The summed E-state index contributed by atoms with van der Waals surface area (Å²) in [5.41, 5.74) is -0.0365. The number of aromatic carboxylic acids is 1. The number of hydrogen-bond donors (Lipinski definition) is 3. The first kappa shape index (κ1) is 12.5. The Bertz CT molecular complexity index is 628. The van der Waals surface area contributed by atoms with Gasteiger partial charge in [0.15, 0.2) is 0 Å². The molecule has 0 saturated carbocycles. The smallest absolute Gasteiger partial charge is 0.342 e. The van der Waals surface area contributed by atoms with Gasteiger partial charge in [-0.1, -0.05) is 18.2 Å². The summed E-state index contributed by atoms with van der Waals surface area (Å²) in [6, 6.07) is 8.35. The highest BCUT2D eigenvalue weighted by molar-refractivity contribution is 6.03. The van der Waals surface area contributed by atoms with Crippen molar-refractivity contribution in [3.63, 3.8) is 0 Å². The van der Waals surface area contributed by atoms with Gasteiger partial charge in [-0.05, 0) is 12.1 Å². The summed E-state index contributed by atoms with van der Waals surface area (Å²) < 4.78 is 0. The van der Waals surface area contributed by atoms with Crippen LogP contribution in [0.4, 0.5) is 5.95 Å². The number of nitrogens with zero attached hydrogens (tertiary/aromatic N) is 2. The lowest BCUT2D eigenvalue weighted by Crippen LogP contribution is -2.14. The molecule has 19 heavy (non-hydrogen) atoms. The van der Waals surface area contributed by atoms with Gasteiger partial charge in [0.05, 0.1) is 6.20 Å². The average Bonchev–Trinajstić information content (AvgIpc) is 2.39. The van der Waals surface area contributed by atoms with E-state index in [1.54, 1.807) is 30.3 Å². The number of nitrogens with one attached hydrogen (secondary N) is 1. The van der Waals surface area contributed by atoms with Gasteiger partial charge in [-0.3, -0.25) is 10.1 Å². The van der Waals surface area contributed by atoms with E-state index < -0.39 is 23.3 Å². The fourth-order valence-electron chi connectivity index (χ4n) is 1.35. The molecular formula is C12H9N3O4. The summed E-state index contributed by atoms with van der Waals surface area (Å²) in [6.07, 6.45) is 0.922. The predicted molar refractivity (Wildman–Crippen MR) is 65.1 cm³/mol. The van der Waals surface area contributed by atoms with Crippen LogP contribution in [0.25, 0.3) is 0 Å². The van der Waals surface area contributed by atoms with E-state index in [4.69, 9.17) is 5.11 Å². The molecule has 0 aliphatic carbocycles. The van der Waals surface area contributed by atoms with Gasteiger partial charge in [0.2, 0.25) is 11.8 Å². The lowest BCUT2D eigenvalue weighted by atomic mass is 10.2. The first-order valence-corrected chi connectivity index (χ1v) is 5.23. The Morgan fingerprint density at radius 2 is 1.84 bits per heavy atom. The molecule has 1 aromatic heterocycles. The lowest BCUT2D eigenvalue weighted by molar-refractivity contribution is 0.0692. The average molecular weight is 259 g/mol. The Morgan fingerprint density at radius 1 is 1.16 bits per heavy atom. The van der Waals surface area contributed by atoms with Crippen LogP contribution in [0.3, 0.4) is 0 Å². The van der Waals surface area contributed by atoms with E-state index in [0.29, 0.717) is 5.56 Å². The summed E-state index contributed by atoms with van der Waals surface area (Å²) >= 11 is 0. The van der Waals surface area contributed by atoms with Gasteiger partial charge < -0.3 is 10.2 Å². The van der Waals surface area contributed by atoms with Crippen molar-refractivity contribution in [3.05, 3.63) is 47.7 Å². The Morgan fingerprint density at radius 3 is 2.42 bits per heavy atom. The van der Waals surface area contributed by atoms with Crippen LogP contribution in [0, 0.1) is 0 Å². The van der Waals surface area contributed by atoms with Crippen molar-refractivity contribution in [2.45, 2.75) is 0 Å². The van der Waals surface area contributed by atoms with Crippen molar-refractivity contribution in [1.29, 1.82) is 0 Å². The number of rotatable bonds is 3. The van der Waals surface area contributed by atoms with Crippen LogP contribution in [0.2, 0.25) is 0 Å². The van der Waals surface area contributed by atoms with Crippen molar-refractivity contribution < 1.29 is 19.8 Å². The first-order chi connectivity index (χ1) is 9.08. The molecule has 0 bridgehead atoms. The SMILES string of the molecule is O=C(Nc1ncc(C(=O)O)c(O)n1)c1ccccc1. The topological polar surface area (TPSA) is 112 Å². The maximum absolute atomic E-state index is 11.8. The van der Waals surface area contributed by atoms with Crippen LogP contribution in [-0.4, -0.2) is 32.1 Å². The van der Waals surface area contributed by atoms with Crippen LogP contribution in [0.1, 0.15) is 20.7 Å². The standard InChI is InChI=1S/C12H9N3O4/c16-9(7-4-2-1-3-5-7)14-12-13-6-8(11(18)19)10(17)15-12/h1-6H,(H,18,19)(H2,13,14,15,16,17). The number of amides is 1. The molecule has 0 aliphatic rings. The molecule has 0 aliphatic heterocycles. The Labute approximate surface area is 107 Å². The highest BCUT2D eigenvalue weighted by Crippen LogP contribution is 2.14. The summed E-state index contributed by atoms with van der Waals surface area (Å²) in [4.78, 5) is 29.5. The fraction of sp³-hybridized carbons (Fsp3) is 0. The molecule has 0 fully saturated rings. The van der Waals surface area contributed by atoms with E-state index in [2.05, 4.69) is 15.3 Å². The van der Waals surface area contributed by atoms with Gasteiger partial charge in [-0.2, -0.15) is 4.98 Å². The van der Waals surface area contributed by atoms with Gasteiger partial charge in [0, 0.05) is 5.56 Å². The summed E-state index contributed by atoms with van der Waals surface area (Å²) in [5, 5.41) is 20.4. The molecule has 0 radical (unpaired) electrons. The van der Waals surface area contributed by atoms with Crippen molar-refractivity contribution in [2.24, 2.45) is 0 Å². The van der Waals surface area contributed by atoms with Crippen LogP contribution >= 0.6 is 0 Å². The zero-order valence-corrected chi connectivity index (χ0v) is 9.57. The van der Waals surface area contributed by atoms with Crippen LogP contribution in [0.15, 0.2) is 36.5 Å². The lowest BCUT2D eigenvalue weighted by Gasteiger charge is -2.04. The predicted octanol–water partition coefficient (Wildman–Crippen LogP) is 1.13. The van der Waals surface area contributed by atoms with E-state index in [-0.39, 0.29) is 5.95 Å². The third-order valence-corrected chi connectivity index (χ3v) is 2.26. The quantitative estimate of drug-likeness (QED) is 0.761. The van der Waals surface area contributed by atoms with Gasteiger partial charge in [0.1, 0.15) is 5.56 Å². The van der Waals surface area contributed by atoms with Crippen LogP contribution in [0.5, 0.6) is 5.88 Å². The van der Waals surface area contributed by atoms with Crippen molar-refractivity contribution in [3.8, 4) is 5.88 Å². The van der Waals surface area contributed by atoms with Gasteiger partial charge in [0.25, 0.3) is 5.91 Å². The summed E-state index contributed by atoms with van der Waals surface area (Å²) in [6.45, 7) is 0. The van der Waals surface area contributed by atoms with Crippen molar-refractivity contribution in [2.75, 3.05) is 5.32 Å². The minimum Gasteiger partial charge on any atom is -0.493 e. The minimum atomic E-state index is -1.35. The second-order valence-electron chi connectivity index (χ2n) is 3.56. The van der Waals surface area contributed by atoms with Gasteiger partial charge >= 0.3 is 5.97 Å². The molecule has 1 amide bonds. The number of carboxylic acids is 1. The molecule has 0 spiro atoms. The number of carboxylic acid groups (broad SMARTS) is 1. The zero-order valence-electron chi connectivity index (χ0n) is 9.57. The molecule has 7 nitrogen and oxygen atoms in total. The molecule has 0 saturated heterocycles. The minimum absolute atomic E-state index is 0.170. The van der Waals surface area contributed by atoms with Crippen molar-refractivity contribution in [1.82, 2.24) is 9.97 Å². The number of hydrogen-bond acceptors (Lipinski definition) is 5. The molecule has 1 aromatic carbocycles. The molecule has 7 heteroatoms. The highest BCUT2D eigenvalue weighted by atomic mass is 16.4. The van der Waals surface area contributed by atoms with Gasteiger partial charge in [-0.15, -0.1) is 0 Å². The second kappa shape index (κ2) is 5.13. The number of benzene rings is 1. The van der Waals surface area contributed by atoms with Crippen molar-refractivity contribution >= 4 is 17.8 Å². The monoisotopic (exact) mass is 259 g/mol. The van der Waals surface area contributed by atoms with E-state index in [0.717, 1.165) is 6.20 Å². The molecule has 96 valence electrons. The highest BCUT2D eigenvalue weighted by Gasteiger charge is 2.14. The van der Waals surface area contributed by atoms with E-state index in [1.165, 1.54) is 0 Å². The van der Waals surface area contributed by atoms with E-state index >= 15 is 0 Å². The van der Waals surface area contributed by atoms with E-state index in [9.17, 15) is 14.7 Å². The third-order valence-electron chi connectivity index (χ3n) is 2.26. The number of aromatic hydroxyl groups is 1. The Hall–Kier alpha value is -2.96. The molecule has 1 heterocycles. The zero-order chi connectivity index (χ0) is 13.8.